The molecule has 5 nitrogen and oxygen atoms in total. The van der Waals surface area contributed by atoms with Gasteiger partial charge in [0.2, 0.25) is 5.91 Å². The third kappa shape index (κ3) is 4.09. The van der Waals surface area contributed by atoms with Gasteiger partial charge in [-0.05, 0) is 40.2 Å². The second kappa shape index (κ2) is 6.45. The molecule has 0 spiro atoms. The number of nitrogens with zero attached hydrogens (tertiary/aromatic N) is 1. The zero-order valence-corrected chi connectivity index (χ0v) is 12.6. The van der Waals surface area contributed by atoms with Crippen LogP contribution in [0, 0.1) is 5.82 Å². The fourth-order valence-electron chi connectivity index (χ4n) is 1.63. The van der Waals surface area contributed by atoms with Crippen LogP contribution in [-0.2, 0) is 4.79 Å². The molecule has 0 saturated heterocycles. The minimum atomic E-state index is -0.577. The first-order valence-electron chi connectivity index (χ1n) is 5.95. The predicted octanol–water partition coefficient (Wildman–Crippen LogP) is 3.19. The first kappa shape index (κ1) is 15.1. The molecule has 0 unspecified atom stereocenters. The Hall–Kier alpha value is -2.28. The topological polar surface area (TPSA) is 71.1 Å². The number of amides is 2. The van der Waals surface area contributed by atoms with E-state index in [2.05, 4.69) is 31.5 Å². The van der Waals surface area contributed by atoms with Crippen LogP contribution in [0.15, 0.2) is 41.1 Å². The molecule has 0 radical (unpaired) electrons. The van der Waals surface area contributed by atoms with Crippen LogP contribution < -0.4 is 10.6 Å². The van der Waals surface area contributed by atoms with Crippen molar-refractivity contribution in [3.8, 4) is 0 Å². The molecule has 2 N–H and O–H groups in total. The fraction of sp³-hybridized carbons (Fsp3) is 0.0714. The van der Waals surface area contributed by atoms with Gasteiger partial charge in [0.05, 0.1) is 11.3 Å². The van der Waals surface area contributed by atoms with Crippen LogP contribution in [-0.4, -0.2) is 16.8 Å². The summed E-state index contributed by atoms with van der Waals surface area (Å²) in [5.74, 6) is -1.36. The van der Waals surface area contributed by atoms with Gasteiger partial charge in [0.25, 0.3) is 5.91 Å². The normalized spacial score (nSPS) is 10.0. The number of aromatic nitrogens is 1. The summed E-state index contributed by atoms with van der Waals surface area (Å²) in [5, 5.41) is 4.96. The molecule has 2 rings (SSSR count). The molecule has 0 aliphatic rings. The Morgan fingerprint density at radius 3 is 2.62 bits per heavy atom. The summed E-state index contributed by atoms with van der Waals surface area (Å²) in [5.41, 5.74) is 0.729. The summed E-state index contributed by atoms with van der Waals surface area (Å²) in [6, 6.07) is 5.53. The number of rotatable bonds is 3. The lowest BCUT2D eigenvalue weighted by atomic mass is 10.2. The highest BCUT2D eigenvalue weighted by Gasteiger charge is 2.10. The zero-order chi connectivity index (χ0) is 15.4. The molecule has 7 heteroatoms. The van der Waals surface area contributed by atoms with E-state index in [4.69, 9.17) is 0 Å². The van der Waals surface area contributed by atoms with Crippen LogP contribution in [0.4, 0.5) is 15.8 Å². The Kier molecular flexibility index (Phi) is 4.64. The zero-order valence-electron chi connectivity index (χ0n) is 11.0. The van der Waals surface area contributed by atoms with E-state index in [1.807, 2.05) is 0 Å². The highest BCUT2D eigenvalue weighted by atomic mass is 79.9. The second-order valence-electron chi connectivity index (χ2n) is 4.22. The van der Waals surface area contributed by atoms with Gasteiger partial charge in [0, 0.05) is 29.5 Å². The van der Waals surface area contributed by atoms with Crippen molar-refractivity contribution in [1.29, 1.82) is 0 Å². The maximum absolute atomic E-state index is 13.5. The van der Waals surface area contributed by atoms with E-state index < -0.39 is 11.7 Å². The van der Waals surface area contributed by atoms with E-state index in [1.165, 1.54) is 31.3 Å². The van der Waals surface area contributed by atoms with Gasteiger partial charge in [0.1, 0.15) is 5.82 Å². The molecule has 0 atom stereocenters. The fourth-order valence-corrected chi connectivity index (χ4v) is 1.99. The van der Waals surface area contributed by atoms with Crippen LogP contribution in [0.2, 0.25) is 0 Å². The molecule has 0 aliphatic heterocycles. The second-order valence-corrected chi connectivity index (χ2v) is 5.14. The minimum Gasteiger partial charge on any atom is -0.324 e. The van der Waals surface area contributed by atoms with Crippen molar-refractivity contribution in [2.24, 2.45) is 0 Å². The first-order chi connectivity index (χ1) is 9.95. The van der Waals surface area contributed by atoms with E-state index >= 15 is 0 Å². The van der Waals surface area contributed by atoms with E-state index in [-0.39, 0.29) is 11.6 Å². The smallest absolute Gasteiger partial charge is 0.257 e. The summed E-state index contributed by atoms with van der Waals surface area (Å²) in [7, 11) is 0. The molecule has 21 heavy (non-hydrogen) atoms. The van der Waals surface area contributed by atoms with Gasteiger partial charge in [0.15, 0.2) is 0 Å². The van der Waals surface area contributed by atoms with Crippen molar-refractivity contribution < 1.29 is 14.0 Å². The van der Waals surface area contributed by atoms with Gasteiger partial charge < -0.3 is 10.6 Å². The number of nitrogens with one attached hydrogen (secondary N) is 2. The maximum Gasteiger partial charge on any atom is 0.257 e. The molecule has 1 aromatic heterocycles. The molecule has 0 fully saturated rings. The largest absolute Gasteiger partial charge is 0.324 e. The molecule has 2 aromatic rings. The Morgan fingerprint density at radius 2 is 1.95 bits per heavy atom. The summed E-state index contributed by atoms with van der Waals surface area (Å²) in [4.78, 5) is 26.9. The number of hydrogen-bond donors (Lipinski definition) is 2. The van der Waals surface area contributed by atoms with Crippen molar-refractivity contribution in [1.82, 2.24) is 4.98 Å². The minimum absolute atomic E-state index is 0.00710. The van der Waals surface area contributed by atoms with Gasteiger partial charge in [-0.25, -0.2) is 4.39 Å². The molecule has 1 aromatic carbocycles. The van der Waals surface area contributed by atoms with Crippen LogP contribution in [0.5, 0.6) is 0 Å². The Morgan fingerprint density at radius 1 is 1.19 bits per heavy atom. The summed E-state index contributed by atoms with van der Waals surface area (Å²) in [6.07, 6.45) is 2.97. The molecular weight excluding hydrogens is 341 g/mol. The number of halogens is 2. The Labute approximate surface area is 128 Å². The summed E-state index contributed by atoms with van der Waals surface area (Å²) >= 11 is 3.22. The average Bonchev–Trinajstić information content (AvgIpc) is 2.42. The number of hydrogen-bond acceptors (Lipinski definition) is 3. The number of carbonyl (C=O) groups is 2. The van der Waals surface area contributed by atoms with Gasteiger partial charge in [-0.3, -0.25) is 14.6 Å². The standard InChI is InChI=1S/C14H11BrFN3O2/c1-8(20)18-13-5-11(2-3-12(13)16)19-14(21)9-4-10(15)7-17-6-9/h2-7H,1H3,(H,18,20)(H,19,21). The average molecular weight is 352 g/mol. The molecule has 2 amide bonds. The molecule has 1 heterocycles. The highest BCUT2D eigenvalue weighted by molar-refractivity contribution is 9.10. The van der Waals surface area contributed by atoms with E-state index in [1.54, 1.807) is 12.3 Å². The third-order valence-corrected chi connectivity index (χ3v) is 2.94. The molecule has 0 bridgehead atoms. The third-order valence-electron chi connectivity index (χ3n) is 2.50. The van der Waals surface area contributed by atoms with Crippen molar-refractivity contribution in [3.63, 3.8) is 0 Å². The van der Waals surface area contributed by atoms with Gasteiger partial charge >= 0.3 is 0 Å². The SMILES string of the molecule is CC(=O)Nc1cc(NC(=O)c2cncc(Br)c2)ccc1F. The van der Waals surface area contributed by atoms with Crippen LogP contribution in [0.25, 0.3) is 0 Å². The van der Waals surface area contributed by atoms with Crippen molar-refractivity contribution in [3.05, 3.63) is 52.5 Å². The van der Waals surface area contributed by atoms with Crippen LogP contribution in [0.1, 0.15) is 17.3 Å². The lowest BCUT2D eigenvalue weighted by molar-refractivity contribution is -0.114. The Bertz CT molecular complexity index is 706. The lowest BCUT2D eigenvalue weighted by Gasteiger charge is -2.09. The molecular formula is C14H11BrFN3O2. The first-order valence-corrected chi connectivity index (χ1v) is 6.74. The van der Waals surface area contributed by atoms with Gasteiger partial charge in [-0.15, -0.1) is 0 Å². The Balaban J connectivity index is 2.19. The molecule has 0 saturated carbocycles. The molecule has 108 valence electrons. The summed E-state index contributed by atoms with van der Waals surface area (Å²) < 4.78 is 14.2. The van der Waals surface area contributed by atoms with E-state index in [9.17, 15) is 14.0 Å². The maximum atomic E-state index is 13.5. The van der Waals surface area contributed by atoms with Crippen LogP contribution >= 0.6 is 15.9 Å². The summed E-state index contributed by atoms with van der Waals surface area (Å²) in [6.45, 7) is 1.28. The van der Waals surface area contributed by atoms with Crippen molar-refractivity contribution in [2.45, 2.75) is 6.92 Å². The molecule has 0 aliphatic carbocycles. The highest BCUT2D eigenvalue weighted by Crippen LogP contribution is 2.20. The number of anilines is 2. The number of pyridine rings is 1. The van der Waals surface area contributed by atoms with Gasteiger partial charge in [-0.1, -0.05) is 0 Å². The van der Waals surface area contributed by atoms with Crippen LogP contribution in [0.3, 0.4) is 0 Å². The predicted molar refractivity (Wildman–Crippen MR) is 80.6 cm³/mol. The van der Waals surface area contributed by atoms with Crippen molar-refractivity contribution in [2.75, 3.05) is 10.6 Å². The monoisotopic (exact) mass is 351 g/mol. The lowest BCUT2D eigenvalue weighted by Crippen LogP contribution is -2.13. The number of benzene rings is 1. The van der Waals surface area contributed by atoms with Gasteiger partial charge in [-0.2, -0.15) is 0 Å². The van der Waals surface area contributed by atoms with E-state index in [0.717, 1.165) is 0 Å². The number of carbonyl (C=O) groups excluding carboxylic acids is 2. The van der Waals surface area contributed by atoms with Crippen molar-refractivity contribution >= 4 is 39.1 Å². The van der Waals surface area contributed by atoms with E-state index in [0.29, 0.717) is 15.7 Å². The quantitative estimate of drug-likeness (QED) is 0.891.